The lowest BCUT2D eigenvalue weighted by Gasteiger charge is -2.13. The van der Waals surface area contributed by atoms with E-state index in [0.29, 0.717) is 13.2 Å². The number of rotatable bonds is 6. The Morgan fingerprint density at radius 2 is 2.16 bits per heavy atom. The summed E-state index contributed by atoms with van der Waals surface area (Å²) in [5, 5.41) is 2.71. The molecule has 0 aliphatic rings. The predicted octanol–water partition coefficient (Wildman–Crippen LogP) is 1.77. The summed E-state index contributed by atoms with van der Waals surface area (Å²) in [6.45, 7) is 4.63. The highest BCUT2D eigenvalue weighted by Gasteiger charge is 2.14. The minimum Gasteiger partial charge on any atom is -0.380 e. The van der Waals surface area contributed by atoms with Crippen LogP contribution < -0.4 is 5.32 Å². The van der Waals surface area contributed by atoms with Gasteiger partial charge in [0.1, 0.15) is 0 Å². The second-order valence-corrected chi connectivity index (χ2v) is 6.57. The van der Waals surface area contributed by atoms with Gasteiger partial charge in [0.2, 0.25) is 0 Å². The molecule has 0 aliphatic carbocycles. The summed E-state index contributed by atoms with van der Waals surface area (Å²) < 4.78 is 27.5. The standard InChI is InChI=1S/C12H16ClNO4S/c1-3-18-8-9(2)14-12(15)10-5-4-6-11(7-10)19(13,16)17/h4-7,9H,3,8H2,1-2H3,(H,14,15). The summed E-state index contributed by atoms with van der Waals surface area (Å²) in [5.41, 5.74) is 0.241. The van der Waals surface area contributed by atoms with Gasteiger partial charge >= 0.3 is 0 Å². The first-order chi connectivity index (χ1) is 8.84. The van der Waals surface area contributed by atoms with Crippen LogP contribution in [0.3, 0.4) is 0 Å². The maximum Gasteiger partial charge on any atom is 0.261 e. The van der Waals surface area contributed by atoms with Crippen molar-refractivity contribution in [3.05, 3.63) is 29.8 Å². The topological polar surface area (TPSA) is 72.5 Å². The Labute approximate surface area is 117 Å². The number of hydrogen-bond acceptors (Lipinski definition) is 4. The fourth-order valence-corrected chi connectivity index (χ4v) is 2.23. The summed E-state index contributed by atoms with van der Waals surface area (Å²) in [6, 6.07) is 5.41. The lowest BCUT2D eigenvalue weighted by atomic mass is 10.2. The summed E-state index contributed by atoms with van der Waals surface area (Å²) >= 11 is 0. The number of nitrogens with one attached hydrogen (secondary N) is 1. The summed E-state index contributed by atoms with van der Waals surface area (Å²) in [5.74, 6) is -0.366. The predicted molar refractivity (Wildman–Crippen MR) is 72.9 cm³/mol. The Morgan fingerprint density at radius 1 is 1.47 bits per heavy atom. The van der Waals surface area contributed by atoms with Crippen LogP contribution in [-0.4, -0.2) is 33.6 Å². The van der Waals surface area contributed by atoms with E-state index in [1.165, 1.54) is 24.3 Å². The average Bonchev–Trinajstić information content (AvgIpc) is 2.35. The van der Waals surface area contributed by atoms with E-state index in [1.54, 1.807) is 6.92 Å². The van der Waals surface area contributed by atoms with E-state index in [4.69, 9.17) is 15.4 Å². The second kappa shape index (κ2) is 6.88. The van der Waals surface area contributed by atoms with Crippen molar-refractivity contribution in [2.75, 3.05) is 13.2 Å². The van der Waals surface area contributed by atoms with Gasteiger partial charge in [-0.3, -0.25) is 4.79 Å². The molecule has 0 aliphatic heterocycles. The number of carbonyl (C=O) groups is 1. The van der Waals surface area contributed by atoms with Crippen molar-refractivity contribution in [3.63, 3.8) is 0 Å². The lowest BCUT2D eigenvalue weighted by Crippen LogP contribution is -2.35. The van der Waals surface area contributed by atoms with E-state index in [0.717, 1.165) is 0 Å². The molecule has 0 heterocycles. The molecule has 0 spiro atoms. The second-order valence-electron chi connectivity index (χ2n) is 4.00. The normalized spacial score (nSPS) is 13.0. The van der Waals surface area contributed by atoms with E-state index >= 15 is 0 Å². The summed E-state index contributed by atoms with van der Waals surface area (Å²) in [7, 11) is 1.40. The van der Waals surface area contributed by atoms with Crippen molar-refractivity contribution >= 4 is 25.6 Å². The molecule has 106 valence electrons. The zero-order chi connectivity index (χ0) is 14.5. The molecule has 0 radical (unpaired) electrons. The number of ether oxygens (including phenoxy) is 1. The Hall–Kier alpha value is -1.11. The molecule has 5 nitrogen and oxygen atoms in total. The molecule has 0 saturated heterocycles. The first-order valence-corrected chi connectivity index (χ1v) is 8.09. The number of amides is 1. The molecule has 1 aromatic rings. The lowest BCUT2D eigenvalue weighted by molar-refractivity contribution is 0.0872. The van der Waals surface area contributed by atoms with E-state index in [9.17, 15) is 13.2 Å². The molecule has 19 heavy (non-hydrogen) atoms. The van der Waals surface area contributed by atoms with Crippen molar-refractivity contribution in [2.24, 2.45) is 0 Å². The van der Waals surface area contributed by atoms with Gasteiger partial charge in [0, 0.05) is 28.9 Å². The van der Waals surface area contributed by atoms with Crippen LogP contribution >= 0.6 is 10.7 Å². The fourth-order valence-electron chi connectivity index (χ4n) is 1.43. The van der Waals surface area contributed by atoms with E-state index in [1.807, 2.05) is 6.92 Å². The van der Waals surface area contributed by atoms with Crippen LogP contribution in [0.25, 0.3) is 0 Å². The van der Waals surface area contributed by atoms with Gasteiger partial charge in [-0.15, -0.1) is 0 Å². The van der Waals surface area contributed by atoms with Crippen LogP contribution in [0.5, 0.6) is 0 Å². The minimum atomic E-state index is -3.83. The van der Waals surface area contributed by atoms with Gasteiger partial charge < -0.3 is 10.1 Å². The minimum absolute atomic E-state index is 0.0979. The fraction of sp³-hybridized carbons (Fsp3) is 0.417. The van der Waals surface area contributed by atoms with Crippen molar-refractivity contribution in [1.29, 1.82) is 0 Å². The third-order valence-electron chi connectivity index (χ3n) is 2.33. The van der Waals surface area contributed by atoms with Crippen molar-refractivity contribution in [3.8, 4) is 0 Å². The quantitative estimate of drug-likeness (QED) is 0.813. The highest BCUT2D eigenvalue weighted by atomic mass is 35.7. The molecular weight excluding hydrogens is 290 g/mol. The van der Waals surface area contributed by atoms with Gasteiger partial charge in [-0.2, -0.15) is 0 Å². The van der Waals surface area contributed by atoms with Crippen molar-refractivity contribution in [2.45, 2.75) is 24.8 Å². The largest absolute Gasteiger partial charge is 0.380 e. The monoisotopic (exact) mass is 305 g/mol. The molecule has 0 saturated carbocycles. The number of benzene rings is 1. The number of halogens is 1. The third-order valence-corrected chi connectivity index (χ3v) is 3.68. The highest BCUT2D eigenvalue weighted by molar-refractivity contribution is 8.13. The Kier molecular flexibility index (Phi) is 5.78. The van der Waals surface area contributed by atoms with Gasteiger partial charge in [-0.25, -0.2) is 8.42 Å². The van der Waals surface area contributed by atoms with Gasteiger partial charge in [0.25, 0.3) is 15.0 Å². The van der Waals surface area contributed by atoms with Gasteiger partial charge in [0.15, 0.2) is 0 Å². The van der Waals surface area contributed by atoms with E-state index < -0.39 is 9.05 Å². The summed E-state index contributed by atoms with van der Waals surface area (Å²) in [6.07, 6.45) is 0. The zero-order valence-corrected chi connectivity index (χ0v) is 12.3. The molecule has 1 rings (SSSR count). The molecule has 0 fully saturated rings. The van der Waals surface area contributed by atoms with Crippen LogP contribution in [0.1, 0.15) is 24.2 Å². The van der Waals surface area contributed by atoms with Gasteiger partial charge in [0.05, 0.1) is 11.5 Å². The van der Waals surface area contributed by atoms with E-state index in [-0.39, 0.29) is 22.4 Å². The molecular formula is C12H16ClNO4S. The number of hydrogen-bond donors (Lipinski definition) is 1. The van der Waals surface area contributed by atoms with Crippen molar-refractivity contribution in [1.82, 2.24) is 5.32 Å². The van der Waals surface area contributed by atoms with Crippen LogP contribution in [0, 0.1) is 0 Å². The maximum atomic E-state index is 11.9. The molecule has 1 aromatic carbocycles. The molecule has 0 aromatic heterocycles. The third kappa shape index (κ3) is 5.18. The Bertz CT molecular complexity index is 544. The average molecular weight is 306 g/mol. The first kappa shape index (κ1) is 15.9. The maximum absolute atomic E-state index is 11.9. The van der Waals surface area contributed by atoms with E-state index in [2.05, 4.69) is 5.32 Å². The van der Waals surface area contributed by atoms with Crippen LogP contribution in [0.2, 0.25) is 0 Å². The summed E-state index contributed by atoms with van der Waals surface area (Å²) in [4.78, 5) is 11.8. The smallest absolute Gasteiger partial charge is 0.261 e. The molecule has 0 bridgehead atoms. The Morgan fingerprint density at radius 3 is 2.74 bits per heavy atom. The van der Waals surface area contributed by atoms with Crippen LogP contribution in [-0.2, 0) is 13.8 Å². The molecule has 1 atom stereocenters. The highest BCUT2D eigenvalue weighted by Crippen LogP contribution is 2.16. The van der Waals surface area contributed by atoms with Crippen LogP contribution in [0.15, 0.2) is 29.2 Å². The molecule has 1 N–H and O–H groups in total. The molecule has 7 heteroatoms. The van der Waals surface area contributed by atoms with Gasteiger partial charge in [-0.05, 0) is 32.0 Å². The van der Waals surface area contributed by atoms with Gasteiger partial charge in [-0.1, -0.05) is 6.07 Å². The SMILES string of the molecule is CCOCC(C)NC(=O)c1cccc(S(=O)(=O)Cl)c1. The van der Waals surface area contributed by atoms with Crippen LogP contribution in [0.4, 0.5) is 0 Å². The zero-order valence-electron chi connectivity index (χ0n) is 10.7. The first-order valence-electron chi connectivity index (χ1n) is 5.78. The Balaban J connectivity index is 2.78. The molecule has 1 unspecified atom stereocenters. The molecule has 1 amide bonds. The van der Waals surface area contributed by atoms with Crippen molar-refractivity contribution < 1.29 is 17.9 Å². The number of carbonyl (C=O) groups excluding carboxylic acids is 1.